The first-order valence-corrected chi connectivity index (χ1v) is 13.0. The van der Waals surface area contributed by atoms with Gasteiger partial charge in [0, 0.05) is 44.1 Å². The fourth-order valence-corrected chi connectivity index (χ4v) is 5.99. The number of carbonyl (C=O) groups excluding carboxylic acids is 1. The molecule has 4 aromatic rings. The number of halogens is 3. The molecule has 0 aliphatic heterocycles. The fraction of sp³-hybridized carbons (Fsp3) is 0.308. The Morgan fingerprint density at radius 1 is 1.18 bits per heavy atom. The third kappa shape index (κ3) is 4.69. The number of hydrogen-bond donors (Lipinski definition) is 3. The van der Waals surface area contributed by atoms with Crippen LogP contribution >= 0.6 is 39.1 Å². The van der Waals surface area contributed by atoms with Crippen LogP contribution in [-0.4, -0.2) is 29.0 Å². The minimum Gasteiger partial charge on any atom is -0.360 e. The molecule has 2 atom stereocenters. The van der Waals surface area contributed by atoms with Gasteiger partial charge in [-0.3, -0.25) is 4.79 Å². The van der Waals surface area contributed by atoms with Crippen molar-refractivity contribution in [3.63, 3.8) is 0 Å². The highest BCUT2D eigenvalue weighted by Gasteiger charge is 2.23. The molecule has 5 rings (SSSR count). The van der Waals surface area contributed by atoms with E-state index in [9.17, 15) is 4.79 Å². The number of amides is 1. The van der Waals surface area contributed by atoms with E-state index in [4.69, 9.17) is 33.9 Å². The van der Waals surface area contributed by atoms with Gasteiger partial charge in [0.1, 0.15) is 0 Å². The van der Waals surface area contributed by atoms with Crippen molar-refractivity contribution in [2.45, 2.75) is 25.7 Å². The molecule has 176 valence electrons. The predicted molar refractivity (Wildman–Crippen MR) is 144 cm³/mol. The smallest absolute Gasteiger partial charge is 0.252 e. The molecule has 2 unspecified atom stereocenters. The molecule has 1 saturated carbocycles. The molecule has 5 nitrogen and oxygen atoms in total. The number of benzene rings is 2. The van der Waals surface area contributed by atoms with Crippen LogP contribution in [0.1, 0.15) is 36.0 Å². The molecule has 34 heavy (non-hydrogen) atoms. The summed E-state index contributed by atoms with van der Waals surface area (Å²) >= 11 is 16.4. The number of aromatic amines is 1. The standard InChI is InChI=1S/C26H25BrCl2N4O/c27-16-4-5-22-18(7-16)20(13-31-22)23-10-19(25-21(29)8-17(28)9-24(25)33-23)26(34)32-12-15-3-1-2-14(6-15)11-30/h4-5,7-10,13-15,31H,1-3,6,11-12,30H2,(H,32,34). The summed E-state index contributed by atoms with van der Waals surface area (Å²) in [4.78, 5) is 21.6. The summed E-state index contributed by atoms with van der Waals surface area (Å²) < 4.78 is 0.967. The zero-order chi connectivity index (χ0) is 23.8. The molecular formula is C26H25BrCl2N4O. The molecule has 8 heteroatoms. The normalized spacial score (nSPS) is 18.5. The van der Waals surface area contributed by atoms with Gasteiger partial charge in [-0.15, -0.1) is 0 Å². The zero-order valence-electron chi connectivity index (χ0n) is 18.5. The minimum absolute atomic E-state index is 0.159. The third-order valence-electron chi connectivity index (χ3n) is 6.77. The molecule has 0 radical (unpaired) electrons. The Balaban J connectivity index is 1.54. The highest BCUT2D eigenvalue weighted by Crippen LogP contribution is 2.36. The number of nitrogens with one attached hydrogen (secondary N) is 2. The maximum Gasteiger partial charge on any atom is 0.252 e. The Bertz CT molecular complexity index is 1390. The largest absolute Gasteiger partial charge is 0.360 e. The number of nitrogens with two attached hydrogens (primary N) is 1. The molecular weight excluding hydrogens is 535 g/mol. The van der Waals surface area contributed by atoms with Crippen molar-refractivity contribution in [2.75, 3.05) is 13.1 Å². The van der Waals surface area contributed by atoms with Gasteiger partial charge in [-0.1, -0.05) is 45.6 Å². The van der Waals surface area contributed by atoms with Gasteiger partial charge in [0.15, 0.2) is 0 Å². The van der Waals surface area contributed by atoms with Crippen LogP contribution in [0.4, 0.5) is 0 Å². The molecule has 2 heterocycles. The number of rotatable bonds is 5. The number of carbonyl (C=O) groups is 1. The summed E-state index contributed by atoms with van der Waals surface area (Å²) in [5, 5.41) is 5.66. The van der Waals surface area contributed by atoms with Crippen LogP contribution in [0.15, 0.2) is 47.1 Å². The molecule has 1 aliphatic rings. The zero-order valence-corrected chi connectivity index (χ0v) is 21.6. The maximum atomic E-state index is 13.5. The van der Waals surface area contributed by atoms with E-state index < -0.39 is 0 Å². The van der Waals surface area contributed by atoms with Crippen molar-refractivity contribution in [2.24, 2.45) is 17.6 Å². The van der Waals surface area contributed by atoms with E-state index in [0.717, 1.165) is 40.2 Å². The monoisotopic (exact) mass is 558 g/mol. The van der Waals surface area contributed by atoms with Crippen molar-refractivity contribution >= 4 is 66.8 Å². The van der Waals surface area contributed by atoms with Crippen LogP contribution in [0.2, 0.25) is 10.0 Å². The van der Waals surface area contributed by atoms with Crippen LogP contribution in [0, 0.1) is 11.8 Å². The highest BCUT2D eigenvalue weighted by atomic mass is 79.9. The average Bonchev–Trinajstić information content (AvgIpc) is 3.24. The van der Waals surface area contributed by atoms with Crippen molar-refractivity contribution < 1.29 is 4.79 Å². The van der Waals surface area contributed by atoms with E-state index in [-0.39, 0.29) is 5.91 Å². The van der Waals surface area contributed by atoms with E-state index in [1.807, 2.05) is 30.5 Å². The van der Waals surface area contributed by atoms with E-state index in [1.165, 1.54) is 6.42 Å². The Kier molecular flexibility index (Phi) is 6.85. The first kappa shape index (κ1) is 23.6. The molecule has 4 N–H and O–H groups in total. The molecule has 1 amide bonds. The molecule has 0 bridgehead atoms. The minimum atomic E-state index is -0.159. The second-order valence-electron chi connectivity index (χ2n) is 9.07. The van der Waals surface area contributed by atoms with Gasteiger partial charge in [-0.05, 0) is 74.0 Å². The molecule has 2 aromatic heterocycles. The number of pyridine rings is 1. The number of aromatic nitrogens is 2. The van der Waals surface area contributed by atoms with Crippen LogP contribution in [-0.2, 0) is 0 Å². The van der Waals surface area contributed by atoms with Crippen LogP contribution < -0.4 is 11.1 Å². The Hall–Kier alpha value is -2.12. The molecule has 2 aromatic carbocycles. The lowest BCUT2D eigenvalue weighted by Gasteiger charge is -2.28. The fourth-order valence-electron chi connectivity index (χ4n) is 5.04. The Morgan fingerprint density at radius 2 is 2.00 bits per heavy atom. The summed E-state index contributed by atoms with van der Waals surface area (Å²) in [5.74, 6) is 0.824. The Labute approximate surface area is 216 Å². The van der Waals surface area contributed by atoms with E-state index in [2.05, 4.69) is 26.2 Å². The topological polar surface area (TPSA) is 83.8 Å². The molecule has 1 aliphatic carbocycles. The van der Waals surface area contributed by atoms with Gasteiger partial charge >= 0.3 is 0 Å². The number of nitrogens with zero attached hydrogens (tertiary/aromatic N) is 1. The summed E-state index contributed by atoms with van der Waals surface area (Å²) in [6, 6.07) is 11.2. The summed E-state index contributed by atoms with van der Waals surface area (Å²) in [7, 11) is 0. The lowest BCUT2D eigenvalue weighted by molar-refractivity contribution is 0.0942. The van der Waals surface area contributed by atoms with Crippen molar-refractivity contribution in [3.05, 3.63) is 62.7 Å². The van der Waals surface area contributed by atoms with Gasteiger partial charge in [0.2, 0.25) is 0 Å². The lowest BCUT2D eigenvalue weighted by Crippen LogP contribution is -2.33. The second-order valence-corrected chi connectivity index (χ2v) is 10.8. The van der Waals surface area contributed by atoms with Gasteiger partial charge in [-0.2, -0.15) is 0 Å². The molecule has 0 saturated heterocycles. The van der Waals surface area contributed by atoms with Crippen molar-refractivity contribution in [1.29, 1.82) is 0 Å². The first-order chi connectivity index (χ1) is 16.4. The number of hydrogen-bond acceptors (Lipinski definition) is 3. The van der Waals surface area contributed by atoms with Gasteiger partial charge in [0.05, 0.1) is 21.8 Å². The highest BCUT2D eigenvalue weighted by molar-refractivity contribution is 9.10. The van der Waals surface area contributed by atoms with E-state index in [0.29, 0.717) is 57.1 Å². The number of H-pyrrole nitrogens is 1. The predicted octanol–water partition coefficient (Wildman–Crippen LogP) is 6.95. The van der Waals surface area contributed by atoms with Crippen molar-refractivity contribution in [3.8, 4) is 11.3 Å². The van der Waals surface area contributed by atoms with Gasteiger partial charge in [0.25, 0.3) is 5.91 Å². The van der Waals surface area contributed by atoms with Gasteiger partial charge < -0.3 is 16.0 Å². The van der Waals surface area contributed by atoms with Crippen LogP contribution in [0.5, 0.6) is 0 Å². The average molecular weight is 560 g/mol. The third-order valence-corrected chi connectivity index (χ3v) is 7.78. The molecule has 1 fully saturated rings. The SMILES string of the molecule is NCC1CCCC(CNC(=O)c2cc(-c3c[nH]c4ccc(Br)cc34)nc3cc(Cl)cc(Cl)c23)C1. The maximum absolute atomic E-state index is 13.5. The van der Waals surface area contributed by atoms with E-state index in [1.54, 1.807) is 12.1 Å². The summed E-state index contributed by atoms with van der Waals surface area (Å²) in [5.41, 5.74) is 9.55. The van der Waals surface area contributed by atoms with Crippen LogP contribution in [0.3, 0.4) is 0 Å². The second kappa shape index (κ2) is 9.86. The first-order valence-electron chi connectivity index (χ1n) is 11.5. The number of fused-ring (bicyclic) bond motifs is 2. The van der Waals surface area contributed by atoms with E-state index >= 15 is 0 Å². The van der Waals surface area contributed by atoms with Crippen molar-refractivity contribution in [1.82, 2.24) is 15.3 Å². The Morgan fingerprint density at radius 3 is 2.82 bits per heavy atom. The summed E-state index contributed by atoms with van der Waals surface area (Å²) in [6.45, 7) is 1.33. The van der Waals surface area contributed by atoms with Crippen LogP contribution in [0.25, 0.3) is 33.1 Å². The lowest BCUT2D eigenvalue weighted by atomic mass is 9.81. The quantitative estimate of drug-likeness (QED) is 0.247. The molecule has 0 spiro atoms. The van der Waals surface area contributed by atoms with Gasteiger partial charge in [-0.25, -0.2) is 4.98 Å². The summed E-state index contributed by atoms with van der Waals surface area (Å²) in [6.07, 6.45) is 6.41.